The molecule has 0 radical (unpaired) electrons. The molecule has 0 amide bonds. The number of aliphatic hydroxyl groups excluding tert-OH is 1. The Hall–Kier alpha value is -0.500. The van der Waals surface area contributed by atoms with E-state index in [0.717, 1.165) is 0 Å². The topological polar surface area (TPSA) is 66.4 Å². The highest BCUT2D eigenvalue weighted by Crippen LogP contribution is 2.49. The molecule has 1 spiro atoms. The predicted octanol–water partition coefficient (Wildman–Crippen LogP) is 0.833. The summed E-state index contributed by atoms with van der Waals surface area (Å²) < 4.78 is 28.7. The van der Waals surface area contributed by atoms with Crippen molar-refractivity contribution in [3.8, 4) is 0 Å². The summed E-state index contributed by atoms with van der Waals surface area (Å²) in [6, 6.07) is 0. The molecule has 2 rings (SSSR count). The molecule has 6 heteroatoms. The molecule has 116 valence electrons. The van der Waals surface area contributed by atoms with Gasteiger partial charge in [-0.1, -0.05) is 6.58 Å². The molecule has 2 fully saturated rings. The van der Waals surface area contributed by atoms with Crippen molar-refractivity contribution in [2.45, 2.75) is 50.2 Å². The first kappa shape index (κ1) is 15.9. The number of ether oxygens (including phenoxy) is 5. The minimum atomic E-state index is -1.18. The highest BCUT2D eigenvalue weighted by Gasteiger charge is 2.69. The van der Waals surface area contributed by atoms with Gasteiger partial charge in [0.25, 0.3) is 0 Å². The molecule has 20 heavy (non-hydrogen) atoms. The van der Waals surface area contributed by atoms with Crippen molar-refractivity contribution in [1.82, 2.24) is 0 Å². The monoisotopic (exact) mass is 288 g/mol. The zero-order valence-corrected chi connectivity index (χ0v) is 12.8. The second-order valence-corrected chi connectivity index (χ2v) is 5.80. The van der Waals surface area contributed by atoms with Gasteiger partial charge in [-0.05, 0) is 26.3 Å². The van der Waals surface area contributed by atoms with Crippen LogP contribution in [0.5, 0.6) is 0 Å². The Morgan fingerprint density at radius 2 is 1.95 bits per heavy atom. The summed E-state index contributed by atoms with van der Waals surface area (Å²) in [6.07, 6.45) is -1.49. The van der Waals surface area contributed by atoms with Crippen molar-refractivity contribution < 1.29 is 28.8 Å². The van der Waals surface area contributed by atoms with Crippen molar-refractivity contribution in [2.75, 3.05) is 27.4 Å². The minimum absolute atomic E-state index is 0.0797. The number of hydrogen-bond acceptors (Lipinski definition) is 6. The smallest absolute Gasteiger partial charge is 0.231 e. The van der Waals surface area contributed by atoms with Gasteiger partial charge in [0.2, 0.25) is 5.79 Å². The maximum atomic E-state index is 10.2. The molecule has 6 nitrogen and oxygen atoms in total. The fraction of sp³-hybridized carbons (Fsp3) is 0.857. The van der Waals surface area contributed by atoms with E-state index in [0.29, 0.717) is 5.57 Å². The van der Waals surface area contributed by atoms with Crippen LogP contribution < -0.4 is 0 Å². The molecule has 1 N–H and O–H groups in total. The fourth-order valence-electron chi connectivity index (χ4n) is 3.22. The van der Waals surface area contributed by atoms with E-state index in [1.807, 2.05) is 0 Å². The maximum Gasteiger partial charge on any atom is 0.231 e. The van der Waals surface area contributed by atoms with E-state index in [4.69, 9.17) is 23.7 Å². The molecule has 4 atom stereocenters. The number of methoxy groups -OCH3 is 2. The SMILES string of the molecule is C=C(C)[C@@]1(OC)[C@H](OC)[C@H](O)CO[C@]12COC(C)(C)O2. The van der Waals surface area contributed by atoms with E-state index < -0.39 is 29.4 Å². The van der Waals surface area contributed by atoms with Crippen LogP contribution in [-0.4, -0.2) is 61.9 Å². The highest BCUT2D eigenvalue weighted by molar-refractivity contribution is 5.25. The van der Waals surface area contributed by atoms with E-state index >= 15 is 0 Å². The van der Waals surface area contributed by atoms with E-state index in [-0.39, 0.29) is 13.2 Å². The molecule has 0 aliphatic carbocycles. The van der Waals surface area contributed by atoms with Crippen LogP contribution in [0.15, 0.2) is 12.2 Å². The zero-order chi connectivity index (χ0) is 15.2. The summed E-state index contributed by atoms with van der Waals surface area (Å²) in [7, 11) is 3.04. The molecule has 0 bridgehead atoms. The van der Waals surface area contributed by atoms with Crippen molar-refractivity contribution in [2.24, 2.45) is 0 Å². The van der Waals surface area contributed by atoms with Crippen LogP contribution in [0.2, 0.25) is 0 Å². The Kier molecular flexibility index (Phi) is 4.01. The first-order chi connectivity index (χ1) is 9.24. The Labute approximate surface area is 119 Å². The lowest BCUT2D eigenvalue weighted by molar-refractivity contribution is -0.373. The van der Waals surface area contributed by atoms with Gasteiger partial charge in [-0.25, -0.2) is 0 Å². The van der Waals surface area contributed by atoms with Gasteiger partial charge < -0.3 is 28.8 Å². The van der Waals surface area contributed by atoms with Gasteiger partial charge in [0.15, 0.2) is 11.4 Å². The normalized spacial score (nSPS) is 43.9. The molecule has 2 aliphatic heterocycles. The Balaban J connectivity index is 2.52. The molecule has 0 aromatic rings. The van der Waals surface area contributed by atoms with Gasteiger partial charge in [0.1, 0.15) is 18.8 Å². The third kappa shape index (κ3) is 2.03. The number of rotatable bonds is 3. The molecule has 2 aliphatic rings. The highest BCUT2D eigenvalue weighted by atomic mass is 16.8. The third-order valence-electron chi connectivity index (χ3n) is 4.03. The van der Waals surface area contributed by atoms with E-state index in [9.17, 15) is 5.11 Å². The van der Waals surface area contributed by atoms with E-state index in [1.165, 1.54) is 14.2 Å². The Morgan fingerprint density at radius 1 is 1.30 bits per heavy atom. The van der Waals surface area contributed by atoms with Crippen LogP contribution in [0.3, 0.4) is 0 Å². The van der Waals surface area contributed by atoms with Crippen molar-refractivity contribution in [1.29, 1.82) is 0 Å². The van der Waals surface area contributed by atoms with Gasteiger partial charge in [-0.2, -0.15) is 0 Å². The molecule has 0 aromatic carbocycles. The summed E-state index contributed by atoms with van der Waals surface area (Å²) in [5, 5.41) is 10.2. The van der Waals surface area contributed by atoms with E-state index in [1.54, 1.807) is 20.8 Å². The molecule has 2 heterocycles. The van der Waals surface area contributed by atoms with Crippen LogP contribution in [0.4, 0.5) is 0 Å². The quantitative estimate of drug-likeness (QED) is 0.776. The largest absolute Gasteiger partial charge is 0.388 e. The molecular weight excluding hydrogens is 264 g/mol. The number of aliphatic hydroxyl groups is 1. The molecule has 0 aromatic heterocycles. The summed E-state index contributed by atoms with van der Waals surface area (Å²) >= 11 is 0. The van der Waals surface area contributed by atoms with Gasteiger partial charge in [0, 0.05) is 14.2 Å². The summed E-state index contributed by atoms with van der Waals surface area (Å²) in [5.74, 6) is -1.99. The first-order valence-corrected chi connectivity index (χ1v) is 6.65. The number of hydrogen-bond donors (Lipinski definition) is 1. The second-order valence-electron chi connectivity index (χ2n) is 5.80. The third-order valence-corrected chi connectivity index (χ3v) is 4.03. The molecule has 0 unspecified atom stereocenters. The van der Waals surface area contributed by atoms with Crippen LogP contribution in [0.1, 0.15) is 20.8 Å². The van der Waals surface area contributed by atoms with E-state index in [2.05, 4.69) is 6.58 Å². The van der Waals surface area contributed by atoms with Crippen molar-refractivity contribution >= 4 is 0 Å². The van der Waals surface area contributed by atoms with Crippen molar-refractivity contribution in [3.63, 3.8) is 0 Å². The Morgan fingerprint density at radius 3 is 2.35 bits per heavy atom. The van der Waals surface area contributed by atoms with Crippen LogP contribution in [-0.2, 0) is 23.7 Å². The lowest BCUT2D eigenvalue weighted by atomic mass is 9.77. The minimum Gasteiger partial charge on any atom is -0.388 e. The summed E-state index contributed by atoms with van der Waals surface area (Å²) in [5.41, 5.74) is -0.500. The second kappa shape index (κ2) is 5.05. The van der Waals surface area contributed by atoms with Crippen LogP contribution >= 0.6 is 0 Å². The van der Waals surface area contributed by atoms with Gasteiger partial charge >= 0.3 is 0 Å². The van der Waals surface area contributed by atoms with Crippen LogP contribution in [0.25, 0.3) is 0 Å². The maximum absolute atomic E-state index is 10.2. The van der Waals surface area contributed by atoms with Gasteiger partial charge in [0.05, 0.1) is 6.61 Å². The fourth-order valence-corrected chi connectivity index (χ4v) is 3.22. The first-order valence-electron chi connectivity index (χ1n) is 6.65. The van der Waals surface area contributed by atoms with Crippen molar-refractivity contribution in [3.05, 3.63) is 12.2 Å². The molecule has 0 saturated carbocycles. The molecular formula is C14H24O6. The summed E-state index contributed by atoms with van der Waals surface area (Å²) in [6.45, 7) is 9.65. The zero-order valence-electron chi connectivity index (χ0n) is 12.8. The summed E-state index contributed by atoms with van der Waals surface area (Å²) in [4.78, 5) is 0. The van der Waals surface area contributed by atoms with Crippen LogP contribution in [0, 0.1) is 0 Å². The lowest BCUT2D eigenvalue weighted by Gasteiger charge is -2.54. The Bertz CT molecular complexity index is 395. The predicted molar refractivity (Wildman–Crippen MR) is 71.2 cm³/mol. The average Bonchev–Trinajstić information content (AvgIpc) is 2.68. The van der Waals surface area contributed by atoms with Gasteiger partial charge in [-0.15, -0.1) is 0 Å². The molecule has 2 saturated heterocycles. The lowest BCUT2D eigenvalue weighted by Crippen LogP contribution is -2.73. The average molecular weight is 288 g/mol. The van der Waals surface area contributed by atoms with Gasteiger partial charge in [-0.3, -0.25) is 0 Å². The standard InChI is InChI=1S/C14H24O6/c1-9(2)14(17-6)11(16-5)10(15)7-18-13(14)8-19-12(3,4)20-13/h10-11,15H,1,7-8H2,2-6H3/t10-,11-,13+,14-/m1/s1.